The van der Waals surface area contributed by atoms with Crippen LogP contribution in [0.4, 0.5) is 0 Å². The Labute approximate surface area is 209 Å². The summed E-state index contributed by atoms with van der Waals surface area (Å²) < 4.78 is 5.91. The highest BCUT2D eigenvalue weighted by atomic mass is 32.1. The zero-order valence-corrected chi connectivity index (χ0v) is 20.5. The summed E-state index contributed by atoms with van der Waals surface area (Å²) in [6.45, 7) is 0.917. The molecule has 8 nitrogen and oxygen atoms in total. The summed E-state index contributed by atoms with van der Waals surface area (Å²) in [6, 6.07) is 11.1. The zero-order chi connectivity index (χ0) is 24.4. The molecular formula is C25H24N4O4S2. The molecule has 3 N–H and O–H groups in total. The number of furan rings is 1. The first kappa shape index (κ1) is 23.3. The number of hydrogen-bond donors (Lipinski definition) is 2. The molecular weight excluding hydrogens is 484 g/mol. The Balaban J connectivity index is 1.19. The van der Waals surface area contributed by atoms with Gasteiger partial charge in [-0.05, 0) is 42.8 Å². The number of nitrogens with zero attached hydrogens (tertiary/aromatic N) is 2. The molecule has 10 heteroatoms. The summed E-state index contributed by atoms with van der Waals surface area (Å²) in [6.07, 6.45) is 2.15. The predicted octanol–water partition coefficient (Wildman–Crippen LogP) is 4.27. The lowest BCUT2D eigenvalue weighted by Crippen LogP contribution is -2.43. The molecule has 1 saturated heterocycles. The van der Waals surface area contributed by atoms with Crippen LogP contribution in [0.15, 0.2) is 51.6 Å². The van der Waals surface area contributed by atoms with E-state index in [1.165, 1.54) is 22.7 Å². The summed E-state index contributed by atoms with van der Waals surface area (Å²) in [5.74, 6) is -0.0615. The lowest BCUT2D eigenvalue weighted by atomic mass is 10.2. The van der Waals surface area contributed by atoms with Gasteiger partial charge < -0.3 is 20.4 Å². The second kappa shape index (κ2) is 10.0. The van der Waals surface area contributed by atoms with Crippen molar-refractivity contribution in [3.63, 3.8) is 0 Å². The van der Waals surface area contributed by atoms with Crippen molar-refractivity contribution < 1.29 is 18.8 Å². The minimum Gasteiger partial charge on any atom is -0.454 e. The number of nitrogens with one attached hydrogen (secondary N) is 1. The number of para-hydroxylation sites is 1. The van der Waals surface area contributed by atoms with Crippen molar-refractivity contribution in [2.24, 2.45) is 5.73 Å². The lowest BCUT2D eigenvalue weighted by Gasteiger charge is -2.22. The fourth-order valence-electron chi connectivity index (χ4n) is 4.30. The molecule has 0 spiro atoms. The second-order valence-electron chi connectivity index (χ2n) is 8.36. The van der Waals surface area contributed by atoms with Crippen LogP contribution < -0.4 is 11.1 Å². The first-order chi connectivity index (χ1) is 17.0. The molecule has 1 fully saturated rings. The van der Waals surface area contributed by atoms with E-state index in [0.29, 0.717) is 36.6 Å². The van der Waals surface area contributed by atoms with Gasteiger partial charge in [-0.15, -0.1) is 22.7 Å². The number of rotatable bonds is 8. The van der Waals surface area contributed by atoms with Gasteiger partial charge in [0.25, 0.3) is 5.91 Å². The molecule has 0 radical (unpaired) electrons. The molecule has 1 aromatic carbocycles. The third-order valence-electron chi connectivity index (χ3n) is 6.04. The van der Waals surface area contributed by atoms with E-state index < -0.39 is 11.9 Å². The summed E-state index contributed by atoms with van der Waals surface area (Å²) >= 11 is 2.81. The fraction of sp³-hybridized carbons (Fsp3) is 0.280. The number of amides is 3. The third kappa shape index (κ3) is 4.85. The quantitative estimate of drug-likeness (QED) is 0.345. The van der Waals surface area contributed by atoms with Crippen LogP contribution in [0, 0.1) is 0 Å². The maximum Gasteiger partial charge on any atom is 0.262 e. The highest BCUT2D eigenvalue weighted by Gasteiger charge is 2.32. The van der Waals surface area contributed by atoms with Gasteiger partial charge in [-0.25, -0.2) is 4.98 Å². The van der Waals surface area contributed by atoms with Crippen molar-refractivity contribution in [3.8, 4) is 22.0 Å². The van der Waals surface area contributed by atoms with Crippen LogP contribution in [0.25, 0.3) is 33.0 Å². The number of likely N-dealkylation sites (tertiary alicyclic amines) is 1. The number of nitrogens with two attached hydrogens (primary N) is 1. The molecule has 1 atom stereocenters. The first-order valence-electron chi connectivity index (χ1n) is 11.4. The van der Waals surface area contributed by atoms with E-state index in [4.69, 9.17) is 15.1 Å². The number of benzene rings is 1. The molecule has 35 heavy (non-hydrogen) atoms. The van der Waals surface area contributed by atoms with E-state index in [1.807, 2.05) is 47.2 Å². The lowest BCUT2D eigenvalue weighted by molar-refractivity contribution is -0.137. The summed E-state index contributed by atoms with van der Waals surface area (Å²) in [7, 11) is 0. The molecule has 3 amide bonds. The Morgan fingerprint density at radius 1 is 1.20 bits per heavy atom. The van der Waals surface area contributed by atoms with Crippen molar-refractivity contribution in [1.29, 1.82) is 0 Å². The van der Waals surface area contributed by atoms with Crippen LogP contribution in [0.5, 0.6) is 0 Å². The van der Waals surface area contributed by atoms with Gasteiger partial charge in [-0.1, -0.05) is 18.2 Å². The highest BCUT2D eigenvalue weighted by molar-refractivity contribution is 7.15. The number of carbonyl (C=O) groups excluding carboxylic acids is 3. The first-order valence-corrected chi connectivity index (χ1v) is 13.2. The summed E-state index contributed by atoms with van der Waals surface area (Å²) in [4.78, 5) is 43.6. The summed E-state index contributed by atoms with van der Waals surface area (Å²) in [5.41, 5.74) is 7.70. The Kier molecular flexibility index (Phi) is 6.65. The van der Waals surface area contributed by atoms with Crippen LogP contribution in [0.3, 0.4) is 0 Å². The summed E-state index contributed by atoms with van der Waals surface area (Å²) in [5, 5.41) is 8.45. The standard InChI is InChI=1S/C25H24N4O4S2/c26-23(31)18-6-4-11-29(18)21(30)8-3-10-27-24(32)22-16(9-12-34-22)25-28-17(14-35-25)20-13-15-5-1-2-7-19(15)33-20/h1-2,5,7,9,12-14,18H,3-4,6,8,10-11H2,(H2,26,31)(H,27,32). The SMILES string of the molecule is NC(=O)C1CCCN1C(=O)CCCNC(=O)c1sccc1-c1nc(-c2cc3ccccc3o2)cs1. The van der Waals surface area contributed by atoms with Gasteiger partial charge in [0, 0.05) is 35.8 Å². The van der Waals surface area contributed by atoms with Crippen LogP contribution in [0.2, 0.25) is 0 Å². The molecule has 0 bridgehead atoms. The monoisotopic (exact) mass is 508 g/mol. The average molecular weight is 509 g/mol. The van der Waals surface area contributed by atoms with E-state index in [-0.39, 0.29) is 18.2 Å². The highest BCUT2D eigenvalue weighted by Crippen LogP contribution is 2.35. The number of hydrogen-bond acceptors (Lipinski definition) is 7. The number of fused-ring (bicyclic) bond motifs is 1. The van der Waals surface area contributed by atoms with Gasteiger partial charge in [0.15, 0.2) is 5.76 Å². The molecule has 3 aromatic heterocycles. The van der Waals surface area contributed by atoms with Crippen LogP contribution in [-0.4, -0.2) is 46.7 Å². The second-order valence-corrected chi connectivity index (χ2v) is 10.1. The smallest absolute Gasteiger partial charge is 0.262 e. The topological polar surface area (TPSA) is 119 Å². The van der Waals surface area contributed by atoms with E-state index >= 15 is 0 Å². The van der Waals surface area contributed by atoms with Crippen molar-refractivity contribution in [2.75, 3.05) is 13.1 Å². The number of primary amides is 1. The van der Waals surface area contributed by atoms with Gasteiger partial charge in [0.05, 0.1) is 0 Å². The Morgan fingerprint density at radius 3 is 2.89 bits per heavy atom. The number of thiazole rings is 1. The van der Waals surface area contributed by atoms with Crippen LogP contribution in [0.1, 0.15) is 35.4 Å². The molecule has 1 unspecified atom stereocenters. The maximum atomic E-state index is 12.8. The molecule has 5 rings (SSSR count). The minimum absolute atomic E-state index is 0.0988. The maximum absolute atomic E-state index is 12.8. The third-order valence-corrected chi connectivity index (χ3v) is 7.83. The zero-order valence-electron chi connectivity index (χ0n) is 18.9. The molecule has 1 aliphatic heterocycles. The number of aromatic nitrogens is 1. The predicted molar refractivity (Wildman–Crippen MR) is 136 cm³/mol. The van der Waals surface area contributed by atoms with Crippen molar-refractivity contribution in [2.45, 2.75) is 31.7 Å². The number of carbonyl (C=O) groups is 3. The number of thiophene rings is 1. The fourth-order valence-corrected chi connectivity index (χ4v) is 6.01. The molecule has 4 heterocycles. The molecule has 1 aliphatic rings. The molecule has 0 aliphatic carbocycles. The van der Waals surface area contributed by atoms with Crippen molar-refractivity contribution in [1.82, 2.24) is 15.2 Å². The Morgan fingerprint density at radius 2 is 2.06 bits per heavy atom. The van der Waals surface area contributed by atoms with Crippen LogP contribution >= 0.6 is 22.7 Å². The normalized spacial score (nSPS) is 15.5. The average Bonchev–Trinajstić information content (AvgIpc) is 3.65. The van der Waals surface area contributed by atoms with Gasteiger partial charge in [0.1, 0.15) is 27.2 Å². The van der Waals surface area contributed by atoms with Crippen molar-refractivity contribution in [3.05, 3.63) is 52.0 Å². The Hall–Kier alpha value is -3.50. The molecule has 0 saturated carbocycles. The van der Waals surface area contributed by atoms with Crippen LogP contribution in [-0.2, 0) is 9.59 Å². The van der Waals surface area contributed by atoms with Gasteiger partial charge in [-0.2, -0.15) is 0 Å². The van der Waals surface area contributed by atoms with E-state index in [0.717, 1.165) is 33.7 Å². The van der Waals surface area contributed by atoms with Gasteiger partial charge in [-0.3, -0.25) is 14.4 Å². The Bertz CT molecular complexity index is 1360. The molecule has 4 aromatic rings. The minimum atomic E-state index is -0.506. The van der Waals surface area contributed by atoms with Gasteiger partial charge >= 0.3 is 0 Å². The molecule has 180 valence electrons. The van der Waals surface area contributed by atoms with Crippen molar-refractivity contribution >= 4 is 51.4 Å². The van der Waals surface area contributed by atoms with E-state index in [9.17, 15) is 14.4 Å². The van der Waals surface area contributed by atoms with Gasteiger partial charge in [0.2, 0.25) is 11.8 Å². The largest absolute Gasteiger partial charge is 0.454 e. The van der Waals surface area contributed by atoms with E-state index in [1.54, 1.807) is 4.90 Å². The van der Waals surface area contributed by atoms with E-state index in [2.05, 4.69) is 5.32 Å².